The van der Waals surface area contributed by atoms with Crippen molar-refractivity contribution in [1.29, 1.82) is 5.26 Å². The van der Waals surface area contributed by atoms with Gasteiger partial charge in [-0.2, -0.15) is 18.4 Å². The predicted octanol–water partition coefficient (Wildman–Crippen LogP) is 6.23. The van der Waals surface area contributed by atoms with Gasteiger partial charge in [0.15, 0.2) is 0 Å². The number of anilines is 1. The molecule has 1 amide bonds. The number of aromatic nitrogens is 3. The molecule has 0 spiro atoms. The minimum Gasteiger partial charge on any atom is -0.391 e. The van der Waals surface area contributed by atoms with E-state index in [-0.39, 0.29) is 28.8 Å². The van der Waals surface area contributed by atoms with Gasteiger partial charge in [0.1, 0.15) is 28.7 Å². The van der Waals surface area contributed by atoms with Crippen molar-refractivity contribution in [2.45, 2.75) is 89.3 Å². The van der Waals surface area contributed by atoms with Crippen molar-refractivity contribution >= 4 is 44.2 Å². The number of rotatable bonds is 10. The van der Waals surface area contributed by atoms with Crippen LogP contribution in [0.4, 0.5) is 19.0 Å². The smallest absolute Gasteiger partial charge is 0.391 e. The average molecular weight is 680 g/mol. The lowest BCUT2D eigenvalue weighted by atomic mass is 9.82. The van der Waals surface area contributed by atoms with Crippen LogP contribution in [0.1, 0.15) is 60.2 Å². The van der Waals surface area contributed by atoms with Crippen LogP contribution >= 0.6 is 11.3 Å². The number of nitrogens with one attached hydrogen (secondary N) is 2. The lowest BCUT2D eigenvalue weighted by Crippen LogP contribution is -2.39. The zero-order chi connectivity index (χ0) is 34.0. The summed E-state index contributed by atoms with van der Waals surface area (Å²) < 4.78 is 40.8. The number of carbonyl (C=O) groups is 1. The van der Waals surface area contributed by atoms with Crippen molar-refractivity contribution in [2.24, 2.45) is 5.92 Å². The quantitative estimate of drug-likeness (QED) is 0.170. The fourth-order valence-electron chi connectivity index (χ4n) is 7.20. The molecule has 1 unspecified atom stereocenters. The number of piperidine rings is 1. The van der Waals surface area contributed by atoms with Gasteiger partial charge in [-0.3, -0.25) is 9.69 Å². The van der Waals surface area contributed by atoms with Gasteiger partial charge >= 0.3 is 6.18 Å². The van der Waals surface area contributed by atoms with Crippen molar-refractivity contribution in [3.8, 4) is 6.07 Å². The fraction of sp³-hybridized carbons (Fsp3) is 0.486. The van der Waals surface area contributed by atoms with Crippen LogP contribution in [-0.2, 0) is 24.3 Å². The van der Waals surface area contributed by atoms with E-state index in [1.165, 1.54) is 18.0 Å². The molecular weight excluding hydrogens is 639 g/mol. The maximum absolute atomic E-state index is 12.9. The van der Waals surface area contributed by atoms with E-state index in [0.29, 0.717) is 28.3 Å². The number of nitrogens with zero attached hydrogens (tertiary/aromatic N) is 5. The highest BCUT2D eigenvalue weighted by molar-refractivity contribution is 7.18. The topological polar surface area (TPSA) is 119 Å². The van der Waals surface area contributed by atoms with E-state index in [9.17, 15) is 28.3 Å². The van der Waals surface area contributed by atoms with E-state index in [4.69, 9.17) is 0 Å². The zero-order valence-electron chi connectivity index (χ0n) is 26.9. The molecule has 13 heteroatoms. The number of thiophene rings is 1. The number of alkyl halides is 3. The summed E-state index contributed by atoms with van der Waals surface area (Å²) in [6.45, 7) is 8.40. The maximum atomic E-state index is 12.9. The number of hydrogen-bond acceptors (Lipinski definition) is 8. The third-order valence-corrected chi connectivity index (χ3v) is 10.9. The average Bonchev–Trinajstić information content (AvgIpc) is 3.64. The number of aliphatic hydroxyl groups excluding tert-OH is 1. The lowest BCUT2D eigenvalue weighted by molar-refractivity contribution is -0.126. The van der Waals surface area contributed by atoms with E-state index >= 15 is 0 Å². The number of carbonyl (C=O) groups excluding carboxylic acids is 1. The summed E-state index contributed by atoms with van der Waals surface area (Å²) in [5.74, 6) is 0.510. The fourth-order valence-corrected chi connectivity index (χ4v) is 8.23. The molecular formula is C35H40F3N7O2S. The molecule has 4 aromatic rings. The summed E-state index contributed by atoms with van der Waals surface area (Å²) in [6, 6.07) is 10.2. The molecule has 1 aliphatic heterocycles. The molecule has 4 heterocycles. The van der Waals surface area contributed by atoms with Gasteiger partial charge < -0.3 is 20.3 Å². The van der Waals surface area contributed by atoms with Crippen LogP contribution < -0.4 is 10.6 Å². The van der Waals surface area contributed by atoms with Gasteiger partial charge in [-0.25, -0.2) is 9.97 Å². The number of fused-ring (bicyclic) bond motifs is 2. The number of benzene rings is 1. The van der Waals surface area contributed by atoms with Crippen molar-refractivity contribution in [2.75, 3.05) is 18.4 Å². The van der Waals surface area contributed by atoms with Crippen LogP contribution in [0.2, 0.25) is 0 Å². The molecule has 254 valence electrons. The third-order valence-electron chi connectivity index (χ3n) is 9.88. The Morgan fingerprint density at radius 2 is 1.90 bits per heavy atom. The van der Waals surface area contributed by atoms with Gasteiger partial charge in [0.2, 0.25) is 5.91 Å². The Hall–Kier alpha value is -3.99. The van der Waals surface area contributed by atoms with Gasteiger partial charge in [-0.05, 0) is 86.8 Å². The van der Waals surface area contributed by atoms with Gasteiger partial charge in [-0.1, -0.05) is 12.6 Å². The Morgan fingerprint density at radius 1 is 1.15 bits per heavy atom. The third kappa shape index (κ3) is 7.66. The second-order valence-corrected chi connectivity index (χ2v) is 14.2. The van der Waals surface area contributed by atoms with Crippen LogP contribution in [0.3, 0.4) is 0 Å². The van der Waals surface area contributed by atoms with Gasteiger partial charge in [-0.15, -0.1) is 11.3 Å². The molecule has 1 aliphatic carbocycles. The highest BCUT2D eigenvalue weighted by Gasteiger charge is 2.30. The Bertz CT molecular complexity index is 1830. The Labute approximate surface area is 281 Å². The molecule has 0 bridgehead atoms. The first kappa shape index (κ1) is 33.9. The first-order valence-electron chi connectivity index (χ1n) is 16.4. The summed E-state index contributed by atoms with van der Waals surface area (Å²) in [5.41, 5.74) is 3.76. The summed E-state index contributed by atoms with van der Waals surface area (Å²) in [7, 11) is 0. The SMILES string of the molecule is C=CC(=O)NC1CCC(C(O)Cn2c(C#N)cc3c(C)c(CN4CCC(Nc5ncnc6sc(CC(F)(F)F)cc56)CC4)ccc32)CC1. The Morgan fingerprint density at radius 3 is 2.58 bits per heavy atom. The van der Waals surface area contributed by atoms with E-state index in [0.717, 1.165) is 86.0 Å². The lowest BCUT2D eigenvalue weighted by Gasteiger charge is -2.33. The van der Waals surface area contributed by atoms with Crippen LogP contribution in [0, 0.1) is 24.2 Å². The summed E-state index contributed by atoms with van der Waals surface area (Å²) in [5, 5.41) is 29.2. The van der Waals surface area contributed by atoms with Crippen molar-refractivity contribution in [3.63, 3.8) is 0 Å². The van der Waals surface area contributed by atoms with Gasteiger partial charge in [0.25, 0.3) is 0 Å². The van der Waals surface area contributed by atoms with Crippen molar-refractivity contribution < 1.29 is 23.1 Å². The van der Waals surface area contributed by atoms with Gasteiger partial charge in [0.05, 0.1) is 24.5 Å². The summed E-state index contributed by atoms with van der Waals surface area (Å²) >= 11 is 1.05. The van der Waals surface area contributed by atoms with Crippen molar-refractivity contribution in [1.82, 2.24) is 24.8 Å². The number of aliphatic hydroxyl groups is 1. The summed E-state index contributed by atoms with van der Waals surface area (Å²) in [4.78, 5) is 23.4. The van der Waals surface area contributed by atoms with Crippen molar-refractivity contribution in [3.05, 3.63) is 64.9 Å². The molecule has 9 nitrogen and oxygen atoms in total. The second-order valence-electron chi connectivity index (χ2n) is 13.1. The molecule has 3 aromatic heterocycles. The molecule has 48 heavy (non-hydrogen) atoms. The molecule has 2 fully saturated rings. The largest absolute Gasteiger partial charge is 0.393 e. The van der Waals surface area contributed by atoms with Crippen LogP contribution in [0.25, 0.3) is 21.1 Å². The normalized spacial score (nSPS) is 20.1. The highest BCUT2D eigenvalue weighted by Crippen LogP contribution is 2.34. The monoisotopic (exact) mass is 679 g/mol. The number of halogens is 3. The van der Waals surface area contributed by atoms with Crippen LogP contribution in [-0.4, -0.2) is 67.9 Å². The standard InChI is InChI=1S/C35H40F3N7O2S/c1-3-32(47)42-24-7-4-22(5-8-24)31(46)19-45-26(17-39)14-28-21(2)23(6-9-30(28)45)18-44-12-10-25(11-13-44)43-33-29-15-27(16-35(36,37)38)48-34(29)41-20-40-33/h3,6,9,14-15,20,22,24-25,31,46H,1,4-5,7-8,10-13,16,18-19H2,2H3,(H,42,47)(H,40,41,43). The second kappa shape index (κ2) is 14.2. The number of likely N-dealkylation sites (tertiary alicyclic amines) is 1. The number of hydrogen-bond donors (Lipinski definition) is 3. The van der Waals surface area contributed by atoms with E-state index in [1.807, 2.05) is 10.6 Å². The first-order chi connectivity index (χ1) is 23.0. The van der Waals surface area contributed by atoms with Crippen LogP contribution in [0.15, 0.2) is 43.2 Å². The zero-order valence-corrected chi connectivity index (χ0v) is 27.7. The minimum absolute atomic E-state index is 0.0983. The predicted molar refractivity (Wildman–Crippen MR) is 181 cm³/mol. The molecule has 1 aromatic carbocycles. The maximum Gasteiger partial charge on any atom is 0.393 e. The molecule has 1 saturated carbocycles. The number of amides is 1. The van der Waals surface area contributed by atoms with Gasteiger partial charge in [0, 0.05) is 47.5 Å². The van der Waals surface area contributed by atoms with E-state index in [2.05, 4.69) is 57.2 Å². The molecule has 6 rings (SSSR count). The molecule has 2 aliphatic rings. The molecule has 1 saturated heterocycles. The first-order valence-corrected chi connectivity index (χ1v) is 17.2. The van der Waals surface area contributed by atoms with E-state index < -0.39 is 18.7 Å². The van der Waals surface area contributed by atoms with Crippen LogP contribution in [0.5, 0.6) is 0 Å². The number of nitriles is 1. The molecule has 3 N–H and O–H groups in total. The molecule has 1 atom stereocenters. The summed E-state index contributed by atoms with van der Waals surface area (Å²) in [6.07, 6.45) is 1.79. The number of aryl methyl sites for hydroxylation is 1. The highest BCUT2D eigenvalue weighted by atomic mass is 32.1. The Balaban J connectivity index is 1.07. The van der Waals surface area contributed by atoms with E-state index in [1.54, 1.807) is 6.07 Å². The minimum atomic E-state index is -4.27. The molecule has 0 radical (unpaired) electrons. The Kier molecular flexibility index (Phi) is 10.1.